The van der Waals surface area contributed by atoms with Crippen LogP contribution in [0.2, 0.25) is 0 Å². The monoisotopic (exact) mass is 242 g/mol. The fourth-order valence-electron chi connectivity index (χ4n) is 2.25. The summed E-state index contributed by atoms with van der Waals surface area (Å²) < 4.78 is 5.41. The van der Waals surface area contributed by atoms with Crippen molar-refractivity contribution in [1.82, 2.24) is 10.2 Å². The Bertz CT molecular complexity index is 212. The molecule has 1 saturated heterocycles. The Morgan fingerprint density at radius 1 is 1.24 bits per heavy atom. The maximum atomic E-state index is 5.41. The lowest BCUT2D eigenvalue weighted by molar-refractivity contribution is -0.0106. The third-order valence-corrected chi connectivity index (χ3v) is 4.22. The fraction of sp³-hybridized carbons (Fsp3) is 1.00. The van der Waals surface area contributed by atoms with Crippen molar-refractivity contribution in [2.75, 3.05) is 32.8 Å². The Kier molecular flexibility index (Phi) is 5.90. The summed E-state index contributed by atoms with van der Waals surface area (Å²) >= 11 is 0. The Labute approximate surface area is 107 Å². The van der Waals surface area contributed by atoms with E-state index in [9.17, 15) is 0 Å². The number of nitrogens with one attached hydrogen (secondary N) is 1. The van der Waals surface area contributed by atoms with E-state index in [1.165, 1.54) is 6.42 Å². The van der Waals surface area contributed by atoms with Crippen LogP contribution in [-0.2, 0) is 4.74 Å². The number of nitrogens with zero attached hydrogens (tertiary/aromatic N) is 1. The molecule has 3 nitrogen and oxygen atoms in total. The molecule has 0 spiro atoms. The van der Waals surface area contributed by atoms with Gasteiger partial charge in [0.2, 0.25) is 0 Å². The van der Waals surface area contributed by atoms with Crippen LogP contribution in [0, 0.1) is 5.92 Å². The molecule has 0 bridgehead atoms. The molecule has 2 unspecified atom stereocenters. The summed E-state index contributed by atoms with van der Waals surface area (Å²) in [5, 5.41) is 3.69. The van der Waals surface area contributed by atoms with E-state index in [0.29, 0.717) is 6.04 Å². The summed E-state index contributed by atoms with van der Waals surface area (Å²) in [4.78, 5) is 2.53. The van der Waals surface area contributed by atoms with Crippen LogP contribution in [0.3, 0.4) is 0 Å². The summed E-state index contributed by atoms with van der Waals surface area (Å²) in [5.74, 6) is 0.746. The van der Waals surface area contributed by atoms with E-state index in [-0.39, 0.29) is 5.54 Å². The highest BCUT2D eigenvalue weighted by Gasteiger charge is 2.28. The van der Waals surface area contributed by atoms with E-state index in [1.54, 1.807) is 0 Å². The van der Waals surface area contributed by atoms with Gasteiger partial charge in [-0.15, -0.1) is 0 Å². The van der Waals surface area contributed by atoms with Gasteiger partial charge in [-0.1, -0.05) is 20.3 Å². The first-order valence-electron chi connectivity index (χ1n) is 7.03. The Balaban J connectivity index is 2.37. The van der Waals surface area contributed by atoms with Crippen molar-refractivity contribution in [3.8, 4) is 0 Å². The van der Waals surface area contributed by atoms with Crippen LogP contribution in [0.5, 0.6) is 0 Å². The molecule has 1 aliphatic rings. The van der Waals surface area contributed by atoms with Gasteiger partial charge in [0.15, 0.2) is 0 Å². The van der Waals surface area contributed by atoms with E-state index in [2.05, 4.69) is 44.8 Å². The molecule has 0 amide bonds. The molecule has 1 heterocycles. The second kappa shape index (κ2) is 6.72. The Morgan fingerprint density at radius 3 is 2.35 bits per heavy atom. The predicted molar refractivity (Wildman–Crippen MR) is 73.4 cm³/mol. The summed E-state index contributed by atoms with van der Waals surface area (Å²) in [7, 11) is 0. The summed E-state index contributed by atoms with van der Waals surface area (Å²) in [5.41, 5.74) is 0.228. The number of hydrogen-bond donors (Lipinski definition) is 1. The molecule has 0 aliphatic carbocycles. The van der Waals surface area contributed by atoms with Crippen molar-refractivity contribution in [3.63, 3.8) is 0 Å². The van der Waals surface area contributed by atoms with Crippen molar-refractivity contribution >= 4 is 0 Å². The second-order valence-corrected chi connectivity index (χ2v) is 5.97. The first-order valence-corrected chi connectivity index (χ1v) is 7.03. The molecule has 17 heavy (non-hydrogen) atoms. The van der Waals surface area contributed by atoms with Crippen LogP contribution in [0.25, 0.3) is 0 Å². The number of ether oxygens (including phenoxy) is 1. The van der Waals surface area contributed by atoms with Crippen molar-refractivity contribution < 1.29 is 4.74 Å². The predicted octanol–water partition coefficient (Wildman–Crippen LogP) is 2.12. The molecule has 1 N–H and O–H groups in total. The Hall–Kier alpha value is -0.120. The lowest BCUT2D eigenvalue weighted by Crippen LogP contribution is -2.56. The van der Waals surface area contributed by atoms with Gasteiger partial charge < -0.3 is 10.1 Å². The average molecular weight is 242 g/mol. The van der Waals surface area contributed by atoms with Gasteiger partial charge in [0, 0.05) is 31.2 Å². The van der Waals surface area contributed by atoms with Crippen molar-refractivity contribution in [2.45, 2.75) is 52.6 Å². The molecule has 1 rings (SSSR count). The van der Waals surface area contributed by atoms with Gasteiger partial charge in [-0.3, -0.25) is 4.90 Å². The molecule has 0 saturated carbocycles. The molecule has 0 aromatic carbocycles. The van der Waals surface area contributed by atoms with Gasteiger partial charge in [-0.25, -0.2) is 0 Å². The summed E-state index contributed by atoms with van der Waals surface area (Å²) in [6.07, 6.45) is 1.24. The largest absolute Gasteiger partial charge is 0.379 e. The van der Waals surface area contributed by atoms with Crippen molar-refractivity contribution in [2.24, 2.45) is 5.92 Å². The third kappa shape index (κ3) is 4.57. The van der Waals surface area contributed by atoms with Crippen molar-refractivity contribution in [3.05, 3.63) is 0 Å². The molecule has 1 fully saturated rings. The van der Waals surface area contributed by atoms with Crippen molar-refractivity contribution in [1.29, 1.82) is 0 Å². The molecule has 0 radical (unpaired) electrons. The van der Waals surface area contributed by atoms with Crippen LogP contribution in [0.15, 0.2) is 0 Å². The number of hydrogen-bond acceptors (Lipinski definition) is 3. The quantitative estimate of drug-likeness (QED) is 0.772. The minimum Gasteiger partial charge on any atom is -0.379 e. The van der Waals surface area contributed by atoms with Crippen LogP contribution in [0.1, 0.15) is 41.0 Å². The van der Waals surface area contributed by atoms with Gasteiger partial charge in [0.1, 0.15) is 0 Å². The highest BCUT2D eigenvalue weighted by Crippen LogP contribution is 2.16. The van der Waals surface area contributed by atoms with E-state index >= 15 is 0 Å². The van der Waals surface area contributed by atoms with Gasteiger partial charge in [-0.05, 0) is 26.7 Å². The molecule has 2 atom stereocenters. The topological polar surface area (TPSA) is 24.5 Å². The highest BCUT2D eigenvalue weighted by atomic mass is 16.5. The smallest absolute Gasteiger partial charge is 0.0594 e. The highest BCUT2D eigenvalue weighted by molar-refractivity contribution is 4.86. The van der Waals surface area contributed by atoms with Crippen LogP contribution in [0.4, 0.5) is 0 Å². The van der Waals surface area contributed by atoms with Gasteiger partial charge in [0.25, 0.3) is 0 Å². The fourth-order valence-corrected chi connectivity index (χ4v) is 2.25. The van der Waals surface area contributed by atoms with E-state index in [1.807, 2.05) is 0 Å². The zero-order chi connectivity index (χ0) is 12.9. The minimum absolute atomic E-state index is 0.228. The van der Waals surface area contributed by atoms with E-state index < -0.39 is 0 Å². The molecule has 1 aliphatic heterocycles. The molecular formula is C14H30N2O. The molecule has 0 aromatic heterocycles. The molecular weight excluding hydrogens is 212 g/mol. The standard InChI is InChI=1S/C14H30N2O/c1-6-12(2)13(3)15-11-14(4,5)16-7-9-17-10-8-16/h12-13,15H,6-11H2,1-5H3. The SMILES string of the molecule is CCC(C)C(C)NCC(C)(C)N1CCOCC1. The van der Waals surface area contributed by atoms with Crippen LogP contribution >= 0.6 is 0 Å². The summed E-state index contributed by atoms with van der Waals surface area (Å²) in [6, 6.07) is 0.598. The minimum atomic E-state index is 0.228. The normalized spacial score (nSPS) is 22.4. The second-order valence-electron chi connectivity index (χ2n) is 5.97. The van der Waals surface area contributed by atoms with Crippen LogP contribution in [-0.4, -0.2) is 49.3 Å². The van der Waals surface area contributed by atoms with Gasteiger partial charge in [-0.2, -0.15) is 0 Å². The average Bonchev–Trinajstić information content (AvgIpc) is 2.36. The summed E-state index contributed by atoms with van der Waals surface area (Å²) in [6.45, 7) is 16.5. The Morgan fingerprint density at radius 2 is 1.82 bits per heavy atom. The van der Waals surface area contributed by atoms with E-state index in [4.69, 9.17) is 4.74 Å². The lowest BCUT2D eigenvalue weighted by Gasteiger charge is -2.41. The number of morpholine rings is 1. The number of rotatable bonds is 6. The third-order valence-electron chi connectivity index (χ3n) is 4.22. The lowest BCUT2D eigenvalue weighted by atomic mass is 9.97. The molecule has 0 aromatic rings. The van der Waals surface area contributed by atoms with Gasteiger partial charge >= 0.3 is 0 Å². The molecule has 3 heteroatoms. The van der Waals surface area contributed by atoms with E-state index in [0.717, 1.165) is 38.8 Å². The molecule has 102 valence electrons. The van der Waals surface area contributed by atoms with Gasteiger partial charge in [0.05, 0.1) is 13.2 Å². The zero-order valence-electron chi connectivity index (χ0n) is 12.3. The zero-order valence-corrected chi connectivity index (χ0v) is 12.3. The first kappa shape index (κ1) is 14.9. The first-order chi connectivity index (χ1) is 7.97. The maximum absolute atomic E-state index is 5.41. The maximum Gasteiger partial charge on any atom is 0.0594 e. The van der Waals surface area contributed by atoms with Crippen LogP contribution < -0.4 is 5.32 Å².